The number of pyridine rings is 1. The summed E-state index contributed by atoms with van der Waals surface area (Å²) >= 11 is 0. The topological polar surface area (TPSA) is 91.9 Å². The molecule has 0 saturated heterocycles. The summed E-state index contributed by atoms with van der Waals surface area (Å²) in [7, 11) is 0. The number of nitrogens with two attached hydrogens (primary N) is 1. The van der Waals surface area contributed by atoms with Crippen molar-refractivity contribution in [3.8, 4) is 11.8 Å². The summed E-state index contributed by atoms with van der Waals surface area (Å²) in [6.07, 6.45) is 0. The quantitative estimate of drug-likeness (QED) is 0.718. The maximum absolute atomic E-state index is 12.8. The lowest BCUT2D eigenvalue weighted by atomic mass is 9.81. The van der Waals surface area contributed by atoms with E-state index in [-0.39, 0.29) is 17.0 Å². The molecule has 2 heterocycles. The predicted molar refractivity (Wildman–Crippen MR) is 95.0 cm³/mol. The SMILES string of the molecule is Cc1ccccc1C1C(C#N)=C(N)Oc2c1c(=O)[nH]c1ccccc21. The second kappa shape index (κ2) is 5.53. The molecule has 0 saturated carbocycles. The highest BCUT2D eigenvalue weighted by Gasteiger charge is 2.35. The average Bonchev–Trinajstić information content (AvgIpc) is 2.61. The van der Waals surface area contributed by atoms with Gasteiger partial charge in [0.05, 0.1) is 17.0 Å². The molecule has 0 bridgehead atoms. The largest absolute Gasteiger partial charge is 0.439 e. The molecule has 0 amide bonds. The van der Waals surface area contributed by atoms with E-state index >= 15 is 0 Å². The van der Waals surface area contributed by atoms with E-state index in [1.165, 1.54) is 0 Å². The van der Waals surface area contributed by atoms with E-state index in [0.29, 0.717) is 16.8 Å². The molecule has 1 aliphatic heterocycles. The Balaban J connectivity index is 2.12. The highest BCUT2D eigenvalue weighted by Crippen LogP contribution is 2.43. The molecule has 122 valence electrons. The molecule has 0 fully saturated rings. The summed E-state index contributed by atoms with van der Waals surface area (Å²) in [5.74, 6) is -0.0913. The van der Waals surface area contributed by atoms with Gasteiger partial charge in [-0.2, -0.15) is 5.26 Å². The van der Waals surface area contributed by atoms with E-state index in [4.69, 9.17) is 10.5 Å². The lowest BCUT2D eigenvalue weighted by Gasteiger charge is -2.27. The Hall–Kier alpha value is -3.52. The molecular formula is C20H15N3O2. The monoisotopic (exact) mass is 329 g/mol. The number of ether oxygens (including phenoxy) is 1. The van der Waals surface area contributed by atoms with Crippen molar-refractivity contribution < 1.29 is 4.74 Å². The van der Waals surface area contributed by atoms with Gasteiger partial charge >= 0.3 is 0 Å². The minimum atomic E-state index is -0.552. The Morgan fingerprint density at radius 3 is 2.64 bits per heavy atom. The molecule has 25 heavy (non-hydrogen) atoms. The molecule has 0 spiro atoms. The second-order valence-corrected chi connectivity index (χ2v) is 6.02. The maximum atomic E-state index is 12.8. The summed E-state index contributed by atoms with van der Waals surface area (Å²) in [4.78, 5) is 15.7. The fourth-order valence-corrected chi connectivity index (χ4v) is 3.39. The first-order valence-corrected chi connectivity index (χ1v) is 7.90. The number of nitrogens with zero attached hydrogens (tertiary/aromatic N) is 1. The van der Waals surface area contributed by atoms with Crippen LogP contribution in [0.25, 0.3) is 10.9 Å². The van der Waals surface area contributed by atoms with Gasteiger partial charge in [0, 0.05) is 5.39 Å². The van der Waals surface area contributed by atoms with E-state index in [0.717, 1.165) is 16.5 Å². The van der Waals surface area contributed by atoms with Gasteiger partial charge in [0.1, 0.15) is 17.4 Å². The Morgan fingerprint density at radius 2 is 1.88 bits per heavy atom. The van der Waals surface area contributed by atoms with Crippen LogP contribution in [0.2, 0.25) is 0 Å². The van der Waals surface area contributed by atoms with Crippen molar-refractivity contribution in [3.05, 3.63) is 87.0 Å². The predicted octanol–water partition coefficient (Wildman–Crippen LogP) is 3.05. The van der Waals surface area contributed by atoms with Gasteiger partial charge < -0.3 is 15.5 Å². The average molecular weight is 329 g/mol. The summed E-state index contributed by atoms with van der Waals surface area (Å²) < 4.78 is 5.74. The summed E-state index contributed by atoms with van der Waals surface area (Å²) in [5.41, 5.74) is 8.96. The van der Waals surface area contributed by atoms with Crippen molar-refractivity contribution in [2.24, 2.45) is 5.73 Å². The molecule has 3 aromatic rings. The van der Waals surface area contributed by atoms with Gasteiger partial charge in [-0.3, -0.25) is 4.79 Å². The molecule has 2 aromatic carbocycles. The second-order valence-electron chi connectivity index (χ2n) is 6.02. The molecule has 5 nitrogen and oxygen atoms in total. The highest BCUT2D eigenvalue weighted by atomic mass is 16.5. The third-order valence-electron chi connectivity index (χ3n) is 4.58. The molecule has 1 aromatic heterocycles. The zero-order valence-electron chi connectivity index (χ0n) is 13.5. The maximum Gasteiger partial charge on any atom is 0.256 e. The lowest BCUT2D eigenvalue weighted by molar-refractivity contribution is 0.397. The molecule has 1 unspecified atom stereocenters. The fraction of sp³-hybridized carbons (Fsp3) is 0.100. The van der Waals surface area contributed by atoms with E-state index in [1.54, 1.807) is 0 Å². The van der Waals surface area contributed by atoms with Crippen LogP contribution in [-0.2, 0) is 0 Å². The molecular weight excluding hydrogens is 314 g/mol. The smallest absolute Gasteiger partial charge is 0.256 e. The number of nitriles is 1. The van der Waals surface area contributed by atoms with Crippen LogP contribution >= 0.6 is 0 Å². The third kappa shape index (κ3) is 2.19. The van der Waals surface area contributed by atoms with Crippen LogP contribution in [0, 0.1) is 18.3 Å². The van der Waals surface area contributed by atoms with Gasteiger partial charge in [0.2, 0.25) is 5.88 Å². The Bertz CT molecular complexity index is 1140. The Kier molecular flexibility index (Phi) is 3.33. The third-order valence-corrected chi connectivity index (χ3v) is 4.58. The Labute approximate surface area is 144 Å². The number of aryl methyl sites for hydroxylation is 1. The van der Waals surface area contributed by atoms with Gasteiger partial charge in [-0.05, 0) is 30.2 Å². The number of fused-ring (bicyclic) bond motifs is 3. The minimum absolute atomic E-state index is 0.0407. The molecule has 1 atom stereocenters. The number of para-hydroxylation sites is 1. The fourth-order valence-electron chi connectivity index (χ4n) is 3.39. The lowest BCUT2D eigenvalue weighted by Crippen LogP contribution is -2.28. The van der Waals surface area contributed by atoms with Crippen molar-refractivity contribution >= 4 is 10.9 Å². The zero-order valence-corrected chi connectivity index (χ0v) is 13.5. The van der Waals surface area contributed by atoms with Gasteiger partial charge in [-0.25, -0.2) is 0 Å². The van der Waals surface area contributed by atoms with Gasteiger partial charge in [-0.15, -0.1) is 0 Å². The number of rotatable bonds is 1. The van der Waals surface area contributed by atoms with Crippen LogP contribution in [0.5, 0.6) is 5.75 Å². The van der Waals surface area contributed by atoms with Crippen molar-refractivity contribution in [2.45, 2.75) is 12.8 Å². The van der Waals surface area contributed by atoms with Crippen LogP contribution in [0.1, 0.15) is 22.6 Å². The number of benzene rings is 2. The van der Waals surface area contributed by atoms with E-state index in [9.17, 15) is 10.1 Å². The molecule has 0 radical (unpaired) electrons. The van der Waals surface area contributed by atoms with Crippen LogP contribution < -0.4 is 16.0 Å². The molecule has 1 aliphatic rings. The number of aromatic nitrogens is 1. The van der Waals surface area contributed by atoms with Crippen molar-refractivity contribution in [1.29, 1.82) is 5.26 Å². The van der Waals surface area contributed by atoms with Crippen molar-refractivity contribution in [2.75, 3.05) is 0 Å². The summed E-state index contributed by atoms with van der Waals surface area (Å²) in [6.45, 7) is 1.95. The number of nitrogens with one attached hydrogen (secondary N) is 1. The minimum Gasteiger partial charge on any atom is -0.439 e. The van der Waals surface area contributed by atoms with Crippen LogP contribution in [0.15, 0.2) is 64.8 Å². The number of aromatic amines is 1. The molecule has 4 rings (SSSR count). The molecule has 0 aliphatic carbocycles. The van der Waals surface area contributed by atoms with Gasteiger partial charge in [0.25, 0.3) is 5.56 Å². The van der Waals surface area contributed by atoms with E-state index in [2.05, 4.69) is 11.1 Å². The highest BCUT2D eigenvalue weighted by molar-refractivity contribution is 5.87. The summed E-state index contributed by atoms with van der Waals surface area (Å²) in [5, 5.41) is 10.4. The molecule has 5 heteroatoms. The number of hydrogen-bond donors (Lipinski definition) is 2. The first-order valence-electron chi connectivity index (χ1n) is 7.90. The standard InChI is InChI=1S/C20H15N3O2/c1-11-6-2-3-7-12(11)16-14(10-21)19(22)25-18-13-8-4-5-9-15(13)23-20(24)17(16)18/h2-9,16H,22H2,1H3,(H,23,24). The van der Waals surface area contributed by atoms with Crippen molar-refractivity contribution in [3.63, 3.8) is 0 Å². The number of hydrogen-bond acceptors (Lipinski definition) is 4. The van der Waals surface area contributed by atoms with Gasteiger partial charge in [-0.1, -0.05) is 36.4 Å². The zero-order chi connectivity index (χ0) is 17.6. The Morgan fingerprint density at radius 1 is 1.16 bits per heavy atom. The number of H-pyrrole nitrogens is 1. The first kappa shape index (κ1) is 15.0. The molecule has 3 N–H and O–H groups in total. The summed E-state index contributed by atoms with van der Waals surface area (Å²) in [6, 6.07) is 17.2. The van der Waals surface area contributed by atoms with Crippen molar-refractivity contribution in [1.82, 2.24) is 4.98 Å². The van der Waals surface area contributed by atoms with Crippen LogP contribution in [0.4, 0.5) is 0 Å². The number of allylic oxidation sites excluding steroid dienone is 1. The van der Waals surface area contributed by atoms with Gasteiger partial charge in [0.15, 0.2) is 0 Å². The first-order chi connectivity index (χ1) is 12.1. The van der Waals surface area contributed by atoms with Crippen LogP contribution in [-0.4, -0.2) is 4.98 Å². The van der Waals surface area contributed by atoms with E-state index < -0.39 is 5.92 Å². The van der Waals surface area contributed by atoms with Crippen LogP contribution in [0.3, 0.4) is 0 Å². The van der Waals surface area contributed by atoms with E-state index in [1.807, 2.05) is 55.5 Å². The normalized spacial score (nSPS) is 16.2.